The zero-order valence-electron chi connectivity index (χ0n) is 15.8. The number of morpholine rings is 1. The fourth-order valence-corrected chi connectivity index (χ4v) is 4.24. The number of piperidine rings is 1. The van der Waals surface area contributed by atoms with E-state index in [1.807, 2.05) is 6.07 Å². The third-order valence-corrected chi connectivity index (χ3v) is 5.96. The molecule has 1 aromatic carbocycles. The number of fused-ring (bicyclic) bond motifs is 1. The molecule has 0 amide bonds. The van der Waals surface area contributed by atoms with Crippen LogP contribution in [0.3, 0.4) is 0 Å². The largest absolute Gasteiger partial charge is 0.423 e. The molecule has 4 rings (SSSR count). The molecule has 5 heteroatoms. The molecule has 3 heterocycles. The van der Waals surface area contributed by atoms with Crippen molar-refractivity contribution in [3.8, 4) is 0 Å². The fourth-order valence-electron chi connectivity index (χ4n) is 4.24. The first-order valence-electron chi connectivity index (χ1n) is 9.68. The van der Waals surface area contributed by atoms with Crippen molar-refractivity contribution in [2.24, 2.45) is 0 Å². The second kappa shape index (κ2) is 7.51. The minimum Gasteiger partial charge on any atom is -0.423 e. The number of nitrogens with zero attached hydrogens (tertiary/aromatic N) is 2. The van der Waals surface area contributed by atoms with Crippen LogP contribution in [0.4, 0.5) is 0 Å². The van der Waals surface area contributed by atoms with Crippen LogP contribution in [-0.4, -0.2) is 55.2 Å². The molecule has 2 aliphatic heterocycles. The Morgan fingerprint density at radius 1 is 1.00 bits per heavy atom. The monoisotopic (exact) mass is 356 g/mol. The van der Waals surface area contributed by atoms with E-state index in [0.717, 1.165) is 62.5 Å². The van der Waals surface area contributed by atoms with Crippen LogP contribution < -0.4 is 5.63 Å². The van der Waals surface area contributed by atoms with Gasteiger partial charge in [-0.1, -0.05) is 0 Å². The number of ether oxygens (including phenoxy) is 1. The normalized spacial score (nSPS) is 20.7. The lowest BCUT2D eigenvalue weighted by Crippen LogP contribution is -2.48. The predicted octanol–water partition coefficient (Wildman–Crippen LogP) is 2.71. The minimum absolute atomic E-state index is 0.251. The molecule has 26 heavy (non-hydrogen) atoms. The molecule has 0 saturated carbocycles. The quantitative estimate of drug-likeness (QED) is 0.792. The second-order valence-corrected chi connectivity index (χ2v) is 7.68. The fraction of sp³-hybridized carbons (Fsp3) is 0.571. The van der Waals surface area contributed by atoms with E-state index in [1.54, 1.807) is 6.07 Å². The molecule has 0 atom stereocenters. The summed E-state index contributed by atoms with van der Waals surface area (Å²) in [6, 6.07) is 6.49. The molecular formula is C21H28N2O3. The minimum atomic E-state index is -0.251. The highest BCUT2D eigenvalue weighted by molar-refractivity contribution is 5.81. The second-order valence-electron chi connectivity index (χ2n) is 7.68. The smallest absolute Gasteiger partial charge is 0.336 e. The number of aryl methyl sites for hydroxylation is 2. The molecular weight excluding hydrogens is 328 g/mol. The number of rotatable bonds is 3. The molecule has 0 spiro atoms. The first-order chi connectivity index (χ1) is 12.6. The van der Waals surface area contributed by atoms with Crippen molar-refractivity contribution in [1.29, 1.82) is 0 Å². The summed E-state index contributed by atoms with van der Waals surface area (Å²) in [4.78, 5) is 17.1. The summed E-state index contributed by atoms with van der Waals surface area (Å²) in [7, 11) is 0. The van der Waals surface area contributed by atoms with Crippen molar-refractivity contribution < 1.29 is 9.15 Å². The predicted molar refractivity (Wildman–Crippen MR) is 103 cm³/mol. The van der Waals surface area contributed by atoms with Gasteiger partial charge >= 0.3 is 5.63 Å². The Morgan fingerprint density at radius 2 is 1.69 bits per heavy atom. The first-order valence-corrected chi connectivity index (χ1v) is 9.68. The van der Waals surface area contributed by atoms with Gasteiger partial charge in [-0.3, -0.25) is 9.80 Å². The van der Waals surface area contributed by atoms with Gasteiger partial charge in [0.15, 0.2) is 0 Å². The Balaban J connectivity index is 1.48. The highest BCUT2D eigenvalue weighted by Gasteiger charge is 2.26. The van der Waals surface area contributed by atoms with Gasteiger partial charge in [-0.2, -0.15) is 0 Å². The van der Waals surface area contributed by atoms with Crippen molar-refractivity contribution in [2.45, 2.75) is 39.3 Å². The Morgan fingerprint density at radius 3 is 2.42 bits per heavy atom. The van der Waals surface area contributed by atoms with Gasteiger partial charge in [0, 0.05) is 37.1 Å². The summed E-state index contributed by atoms with van der Waals surface area (Å²) in [5.41, 5.74) is 3.93. The lowest BCUT2D eigenvalue weighted by atomic mass is 10.00. The summed E-state index contributed by atoms with van der Waals surface area (Å²) in [6.07, 6.45) is 2.38. The third-order valence-electron chi connectivity index (χ3n) is 5.96. The highest BCUT2D eigenvalue weighted by atomic mass is 16.5. The van der Waals surface area contributed by atoms with Crippen molar-refractivity contribution >= 4 is 11.0 Å². The number of hydrogen-bond acceptors (Lipinski definition) is 5. The van der Waals surface area contributed by atoms with Crippen LogP contribution in [0.1, 0.15) is 29.5 Å². The Labute approximate surface area is 154 Å². The maximum atomic E-state index is 12.0. The van der Waals surface area contributed by atoms with Crippen LogP contribution in [0.2, 0.25) is 0 Å². The Kier molecular flexibility index (Phi) is 5.11. The highest BCUT2D eigenvalue weighted by Crippen LogP contribution is 2.24. The number of benzene rings is 1. The summed E-state index contributed by atoms with van der Waals surface area (Å²) < 4.78 is 10.9. The van der Waals surface area contributed by atoms with E-state index in [2.05, 4.69) is 29.7 Å². The van der Waals surface area contributed by atoms with E-state index < -0.39 is 0 Å². The molecule has 0 N–H and O–H groups in total. The van der Waals surface area contributed by atoms with Gasteiger partial charge < -0.3 is 9.15 Å². The van der Waals surface area contributed by atoms with Crippen LogP contribution in [0.25, 0.3) is 11.0 Å². The van der Waals surface area contributed by atoms with Crippen LogP contribution in [0.5, 0.6) is 0 Å². The van der Waals surface area contributed by atoms with Gasteiger partial charge in [-0.25, -0.2) is 4.79 Å². The van der Waals surface area contributed by atoms with Gasteiger partial charge in [0.05, 0.1) is 13.2 Å². The van der Waals surface area contributed by atoms with Crippen molar-refractivity contribution in [2.75, 3.05) is 39.4 Å². The standard InChI is InChI=1S/C21H28N2O3/c1-15-11-19-17(13-21(24)26-20(19)12-16(15)2)14-22-5-3-18(4-6-22)23-7-9-25-10-8-23/h11-13,18H,3-10,14H2,1-2H3. The van der Waals surface area contributed by atoms with Gasteiger partial charge in [0.25, 0.3) is 0 Å². The molecule has 0 radical (unpaired) electrons. The molecule has 0 unspecified atom stereocenters. The molecule has 2 fully saturated rings. The zero-order valence-corrected chi connectivity index (χ0v) is 15.8. The van der Waals surface area contributed by atoms with Crippen molar-refractivity contribution in [3.05, 3.63) is 45.3 Å². The Bertz CT molecular complexity index is 831. The van der Waals surface area contributed by atoms with Gasteiger partial charge in [-0.15, -0.1) is 0 Å². The molecule has 5 nitrogen and oxygen atoms in total. The van der Waals surface area contributed by atoms with Crippen LogP contribution in [-0.2, 0) is 11.3 Å². The average molecular weight is 356 g/mol. The number of likely N-dealkylation sites (tertiary alicyclic amines) is 1. The Hall–Kier alpha value is -1.69. The van der Waals surface area contributed by atoms with Crippen LogP contribution >= 0.6 is 0 Å². The summed E-state index contributed by atoms with van der Waals surface area (Å²) in [5.74, 6) is 0. The van der Waals surface area contributed by atoms with E-state index in [-0.39, 0.29) is 5.63 Å². The van der Waals surface area contributed by atoms with Gasteiger partial charge in [0.1, 0.15) is 5.58 Å². The van der Waals surface area contributed by atoms with E-state index >= 15 is 0 Å². The van der Waals surface area contributed by atoms with Crippen molar-refractivity contribution in [1.82, 2.24) is 9.80 Å². The summed E-state index contributed by atoms with van der Waals surface area (Å²) >= 11 is 0. The third kappa shape index (κ3) is 3.70. The van der Waals surface area contributed by atoms with Crippen LogP contribution in [0.15, 0.2) is 27.4 Å². The maximum Gasteiger partial charge on any atom is 0.336 e. The number of hydrogen-bond donors (Lipinski definition) is 0. The van der Waals surface area contributed by atoms with E-state index in [9.17, 15) is 4.79 Å². The molecule has 1 aromatic heterocycles. The molecule has 2 saturated heterocycles. The lowest BCUT2D eigenvalue weighted by Gasteiger charge is -2.40. The van der Waals surface area contributed by atoms with Crippen molar-refractivity contribution in [3.63, 3.8) is 0 Å². The summed E-state index contributed by atoms with van der Waals surface area (Å²) in [5, 5.41) is 1.07. The zero-order chi connectivity index (χ0) is 18.1. The molecule has 0 aliphatic carbocycles. The summed E-state index contributed by atoms with van der Waals surface area (Å²) in [6.45, 7) is 11.0. The molecule has 0 bridgehead atoms. The molecule has 2 aliphatic rings. The van der Waals surface area contributed by atoms with E-state index in [1.165, 1.54) is 18.4 Å². The van der Waals surface area contributed by atoms with Crippen LogP contribution in [0, 0.1) is 13.8 Å². The molecule has 2 aromatic rings. The van der Waals surface area contributed by atoms with E-state index in [0.29, 0.717) is 11.6 Å². The maximum absolute atomic E-state index is 12.0. The lowest BCUT2D eigenvalue weighted by molar-refractivity contribution is 0.000254. The SMILES string of the molecule is Cc1cc2oc(=O)cc(CN3CCC(N4CCOCC4)CC3)c2cc1C. The first kappa shape index (κ1) is 17.7. The van der Waals surface area contributed by atoms with E-state index in [4.69, 9.17) is 9.15 Å². The molecule has 140 valence electrons. The van der Waals surface area contributed by atoms with Gasteiger partial charge in [0.2, 0.25) is 0 Å². The van der Waals surface area contributed by atoms with Gasteiger partial charge in [-0.05, 0) is 68.6 Å². The average Bonchev–Trinajstić information content (AvgIpc) is 2.65. The topological polar surface area (TPSA) is 45.9 Å².